The normalized spacial score (nSPS) is 10.9. The van der Waals surface area contributed by atoms with Crippen molar-refractivity contribution < 1.29 is 0 Å². The van der Waals surface area contributed by atoms with Crippen LogP contribution in [0.3, 0.4) is 0 Å². The fraction of sp³-hybridized carbons (Fsp3) is 0.154. The smallest absolute Gasteiger partial charge is 0.210 e. The topological polar surface area (TPSA) is 36.9 Å². The lowest BCUT2D eigenvalue weighted by atomic mass is 10.3. The largest absolute Gasteiger partial charge is 0.366 e. The number of hydrogen-bond donors (Lipinski definition) is 1. The van der Waals surface area contributed by atoms with Crippen LogP contribution in [0.2, 0.25) is 0 Å². The zero-order valence-electron chi connectivity index (χ0n) is 9.88. The molecule has 2 aromatic heterocycles. The number of para-hydroxylation sites is 2. The second kappa shape index (κ2) is 3.66. The van der Waals surface area contributed by atoms with E-state index < -0.39 is 0 Å². The lowest BCUT2D eigenvalue weighted by molar-refractivity contribution is 0.910. The first-order chi connectivity index (χ1) is 8.27. The van der Waals surface area contributed by atoms with E-state index in [0.717, 1.165) is 22.7 Å². The minimum Gasteiger partial charge on any atom is -0.366 e. The molecule has 0 bridgehead atoms. The summed E-state index contributed by atoms with van der Waals surface area (Å²) in [4.78, 5) is 9.76. The maximum Gasteiger partial charge on any atom is 0.210 e. The van der Waals surface area contributed by atoms with Crippen LogP contribution in [0, 0.1) is 0 Å². The molecule has 0 unspecified atom stereocenters. The van der Waals surface area contributed by atoms with Gasteiger partial charge in [0.05, 0.1) is 16.7 Å². The van der Waals surface area contributed by atoms with E-state index in [0.29, 0.717) is 0 Å². The third kappa shape index (κ3) is 1.49. The van der Waals surface area contributed by atoms with Gasteiger partial charge in [-0.2, -0.15) is 0 Å². The zero-order valence-corrected chi connectivity index (χ0v) is 9.88. The predicted octanol–water partition coefficient (Wildman–Crippen LogP) is 2.67. The van der Waals surface area contributed by atoms with Crippen molar-refractivity contribution in [2.24, 2.45) is 7.05 Å². The highest BCUT2D eigenvalue weighted by Gasteiger charge is 2.12. The van der Waals surface area contributed by atoms with Gasteiger partial charge in [-0.1, -0.05) is 12.1 Å². The number of fused-ring (bicyclic) bond motifs is 1. The monoisotopic (exact) mass is 226 g/mol. The van der Waals surface area contributed by atoms with E-state index in [1.807, 2.05) is 50.8 Å². The first-order valence-corrected chi connectivity index (χ1v) is 5.55. The molecule has 0 radical (unpaired) electrons. The molecular weight excluding hydrogens is 212 g/mol. The molecule has 0 atom stereocenters. The number of imidazole rings is 1. The van der Waals surface area contributed by atoms with E-state index in [-0.39, 0.29) is 0 Å². The molecule has 0 fully saturated rings. The second-order valence-electron chi connectivity index (χ2n) is 4.09. The van der Waals surface area contributed by atoms with Crippen LogP contribution < -0.4 is 4.90 Å². The second-order valence-corrected chi connectivity index (χ2v) is 4.09. The molecular formula is C13H14N4. The Kier molecular flexibility index (Phi) is 2.14. The van der Waals surface area contributed by atoms with Gasteiger partial charge in [0, 0.05) is 26.5 Å². The van der Waals surface area contributed by atoms with Crippen molar-refractivity contribution in [3.63, 3.8) is 0 Å². The summed E-state index contributed by atoms with van der Waals surface area (Å²) >= 11 is 0. The molecule has 17 heavy (non-hydrogen) atoms. The number of aromatic nitrogens is 3. The summed E-state index contributed by atoms with van der Waals surface area (Å²) in [6.07, 6.45) is 3.87. The molecule has 4 nitrogen and oxygen atoms in total. The Balaban J connectivity index is 2.15. The number of aryl methyl sites for hydroxylation is 1. The molecule has 3 rings (SSSR count). The van der Waals surface area contributed by atoms with Gasteiger partial charge in [0.2, 0.25) is 5.95 Å². The highest BCUT2D eigenvalue weighted by molar-refractivity contribution is 5.79. The van der Waals surface area contributed by atoms with E-state index in [1.165, 1.54) is 0 Å². The van der Waals surface area contributed by atoms with Gasteiger partial charge < -0.3 is 14.5 Å². The van der Waals surface area contributed by atoms with Crippen molar-refractivity contribution in [3.8, 4) is 0 Å². The Morgan fingerprint density at radius 3 is 2.76 bits per heavy atom. The Morgan fingerprint density at radius 2 is 2.06 bits per heavy atom. The van der Waals surface area contributed by atoms with Gasteiger partial charge >= 0.3 is 0 Å². The summed E-state index contributed by atoms with van der Waals surface area (Å²) in [7, 11) is 4.05. The van der Waals surface area contributed by atoms with Crippen LogP contribution in [-0.4, -0.2) is 21.6 Å². The average molecular weight is 226 g/mol. The van der Waals surface area contributed by atoms with Crippen molar-refractivity contribution in [1.29, 1.82) is 0 Å². The van der Waals surface area contributed by atoms with Crippen molar-refractivity contribution >= 4 is 22.7 Å². The lowest BCUT2D eigenvalue weighted by Gasteiger charge is -2.16. The molecule has 1 N–H and O–H groups in total. The molecule has 1 aromatic carbocycles. The zero-order chi connectivity index (χ0) is 11.8. The standard InChI is InChI=1S/C13H14N4/c1-16(10-7-8-14-9-10)13-15-11-5-3-4-6-12(11)17(13)2/h3-9,14H,1-2H3. The molecule has 86 valence electrons. The fourth-order valence-corrected chi connectivity index (χ4v) is 2.07. The van der Waals surface area contributed by atoms with Crippen LogP contribution in [0.4, 0.5) is 11.6 Å². The molecule has 0 saturated carbocycles. The highest BCUT2D eigenvalue weighted by Crippen LogP contribution is 2.25. The average Bonchev–Trinajstić information content (AvgIpc) is 2.97. The minimum absolute atomic E-state index is 0.936. The van der Waals surface area contributed by atoms with Gasteiger partial charge in [-0.15, -0.1) is 0 Å². The van der Waals surface area contributed by atoms with Gasteiger partial charge in [0.15, 0.2) is 0 Å². The molecule has 0 spiro atoms. The SMILES string of the molecule is CN(c1cc[nH]c1)c1nc2ccccc2n1C. The van der Waals surface area contributed by atoms with Crippen LogP contribution in [0.5, 0.6) is 0 Å². The fourth-order valence-electron chi connectivity index (χ4n) is 2.07. The summed E-state index contributed by atoms with van der Waals surface area (Å²) in [5.74, 6) is 0.936. The van der Waals surface area contributed by atoms with Crippen molar-refractivity contribution in [3.05, 3.63) is 42.7 Å². The number of anilines is 2. The molecule has 4 heteroatoms. The third-order valence-corrected chi connectivity index (χ3v) is 3.03. The van der Waals surface area contributed by atoms with Crippen LogP contribution in [0.25, 0.3) is 11.0 Å². The Morgan fingerprint density at radius 1 is 1.24 bits per heavy atom. The minimum atomic E-state index is 0.936. The van der Waals surface area contributed by atoms with E-state index in [1.54, 1.807) is 0 Å². The Hall–Kier alpha value is -2.23. The third-order valence-electron chi connectivity index (χ3n) is 3.03. The molecule has 0 saturated heterocycles. The van der Waals surface area contributed by atoms with Crippen molar-refractivity contribution in [1.82, 2.24) is 14.5 Å². The molecule has 2 heterocycles. The van der Waals surface area contributed by atoms with Gasteiger partial charge in [-0.3, -0.25) is 0 Å². The van der Waals surface area contributed by atoms with Crippen LogP contribution in [-0.2, 0) is 7.05 Å². The maximum absolute atomic E-state index is 4.64. The lowest BCUT2D eigenvalue weighted by Crippen LogP contribution is -2.13. The van der Waals surface area contributed by atoms with Gasteiger partial charge in [0.25, 0.3) is 0 Å². The first kappa shape index (κ1) is 9.96. The summed E-state index contributed by atoms with van der Waals surface area (Å²) in [6.45, 7) is 0. The van der Waals surface area contributed by atoms with E-state index in [4.69, 9.17) is 0 Å². The van der Waals surface area contributed by atoms with Gasteiger partial charge in [-0.05, 0) is 18.2 Å². The van der Waals surface area contributed by atoms with Gasteiger partial charge in [0.1, 0.15) is 0 Å². The van der Waals surface area contributed by atoms with E-state index in [9.17, 15) is 0 Å². The van der Waals surface area contributed by atoms with E-state index in [2.05, 4.69) is 25.5 Å². The van der Waals surface area contributed by atoms with Crippen LogP contribution >= 0.6 is 0 Å². The van der Waals surface area contributed by atoms with Crippen LogP contribution in [0.1, 0.15) is 0 Å². The molecule has 3 aromatic rings. The summed E-state index contributed by atoms with van der Waals surface area (Å²) in [5.41, 5.74) is 3.26. The van der Waals surface area contributed by atoms with Crippen LogP contribution in [0.15, 0.2) is 42.7 Å². The van der Waals surface area contributed by atoms with E-state index >= 15 is 0 Å². The number of benzene rings is 1. The molecule has 0 aliphatic carbocycles. The quantitative estimate of drug-likeness (QED) is 0.729. The number of hydrogen-bond acceptors (Lipinski definition) is 2. The number of nitrogens with one attached hydrogen (secondary N) is 1. The molecule has 0 aliphatic heterocycles. The number of aromatic amines is 1. The molecule has 0 amide bonds. The van der Waals surface area contributed by atoms with Crippen molar-refractivity contribution in [2.75, 3.05) is 11.9 Å². The number of nitrogens with zero attached hydrogens (tertiary/aromatic N) is 3. The summed E-state index contributed by atoms with van der Waals surface area (Å²) in [5, 5.41) is 0. The summed E-state index contributed by atoms with van der Waals surface area (Å²) < 4.78 is 2.10. The number of rotatable bonds is 2. The first-order valence-electron chi connectivity index (χ1n) is 5.55. The number of H-pyrrole nitrogens is 1. The Bertz CT molecular complexity index is 637. The predicted molar refractivity (Wildman–Crippen MR) is 69.6 cm³/mol. The maximum atomic E-state index is 4.64. The summed E-state index contributed by atoms with van der Waals surface area (Å²) in [6, 6.07) is 10.2. The van der Waals surface area contributed by atoms with Gasteiger partial charge in [-0.25, -0.2) is 4.98 Å². The van der Waals surface area contributed by atoms with Crippen molar-refractivity contribution in [2.45, 2.75) is 0 Å². The Labute approximate surface area is 99.5 Å². The highest BCUT2D eigenvalue weighted by atomic mass is 15.3. The molecule has 0 aliphatic rings.